The van der Waals surface area contributed by atoms with Gasteiger partial charge in [0.15, 0.2) is 0 Å². The average molecular weight is 231 g/mol. The molecule has 4 heteroatoms. The second-order valence-electron chi connectivity index (χ2n) is 3.89. The molecular formula is C13H17N3O. The highest BCUT2D eigenvalue weighted by Crippen LogP contribution is 2.11. The zero-order valence-electron chi connectivity index (χ0n) is 10.2. The Morgan fingerprint density at radius 2 is 2.06 bits per heavy atom. The fourth-order valence-electron chi connectivity index (χ4n) is 1.63. The summed E-state index contributed by atoms with van der Waals surface area (Å²) in [5.41, 5.74) is 1.82. The molecule has 1 unspecified atom stereocenters. The van der Waals surface area contributed by atoms with Gasteiger partial charge in [0.1, 0.15) is 5.82 Å². The third-order valence-corrected chi connectivity index (χ3v) is 2.47. The van der Waals surface area contributed by atoms with Crippen LogP contribution < -0.4 is 5.32 Å². The first-order valence-electron chi connectivity index (χ1n) is 5.87. The lowest BCUT2D eigenvalue weighted by Crippen LogP contribution is -2.20. The van der Waals surface area contributed by atoms with Crippen LogP contribution in [-0.2, 0) is 4.74 Å². The predicted octanol–water partition coefficient (Wildman–Crippen LogP) is 2.47. The van der Waals surface area contributed by atoms with Gasteiger partial charge in [-0.05, 0) is 26.0 Å². The van der Waals surface area contributed by atoms with Crippen LogP contribution in [0.2, 0.25) is 0 Å². The van der Waals surface area contributed by atoms with E-state index in [2.05, 4.69) is 15.3 Å². The van der Waals surface area contributed by atoms with Crippen molar-refractivity contribution in [2.45, 2.75) is 20.0 Å². The SMILES string of the molecule is CCOC(C)CNc1cnc2ccccc2n1. The number of anilines is 1. The highest BCUT2D eigenvalue weighted by atomic mass is 16.5. The Morgan fingerprint density at radius 3 is 2.82 bits per heavy atom. The molecule has 0 aliphatic carbocycles. The van der Waals surface area contributed by atoms with Gasteiger partial charge in [-0.1, -0.05) is 12.1 Å². The number of nitrogens with zero attached hydrogens (tertiary/aromatic N) is 2. The summed E-state index contributed by atoms with van der Waals surface area (Å²) in [6, 6.07) is 7.83. The number of ether oxygens (including phenoxy) is 1. The fraction of sp³-hybridized carbons (Fsp3) is 0.385. The van der Waals surface area contributed by atoms with Gasteiger partial charge in [-0.2, -0.15) is 0 Å². The lowest BCUT2D eigenvalue weighted by atomic mass is 10.3. The summed E-state index contributed by atoms with van der Waals surface area (Å²) in [5.74, 6) is 0.787. The minimum absolute atomic E-state index is 0.174. The smallest absolute Gasteiger partial charge is 0.145 e. The average Bonchev–Trinajstić information content (AvgIpc) is 2.36. The standard InChI is InChI=1S/C13H17N3O/c1-3-17-10(2)8-15-13-9-14-11-6-4-5-7-12(11)16-13/h4-7,9-10H,3,8H2,1-2H3,(H,15,16). The topological polar surface area (TPSA) is 47.0 Å². The molecule has 0 saturated carbocycles. The number of hydrogen-bond donors (Lipinski definition) is 1. The molecule has 0 aliphatic heterocycles. The number of para-hydroxylation sites is 2. The van der Waals surface area contributed by atoms with Gasteiger partial charge in [-0.3, -0.25) is 4.98 Å². The summed E-state index contributed by atoms with van der Waals surface area (Å²) < 4.78 is 5.44. The summed E-state index contributed by atoms with van der Waals surface area (Å²) >= 11 is 0. The largest absolute Gasteiger partial charge is 0.377 e. The predicted molar refractivity (Wildman–Crippen MR) is 69.1 cm³/mol. The van der Waals surface area contributed by atoms with E-state index in [1.165, 1.54) is 0 Å². The Bertz CT molecular complexity index is 487. The molecule has 0 aliphatic rings. The first-order chi connectivity index (χ1) is 8.29. The number of hydrogen-bond acceptors (Lipinski definition) is 4. The maximum atomic E-state index is 5.44. The molecule has 0 amide bonds. The first kappa shape index (κ1) is 11.8. The van der Waals surface area contributed by atoms with E-state index in [0.717, 1.165) is 30.0 Å². The van der Waals surface area contributed by atoms with Crippen molar-refractivity contribution < 1.29 is 4.74 Å². The Labute approximate surface area is 101 Å². The summed E-state index contributed by atoms with van der Waals surface area (Å²) in [5, 5.41) is 3.22. The van der Waals surface area contributed by atoms with Crippen LogP contribution in [0.5, 0.6) is 0 Å². The lowest BCUT2D eigenvalue weighted by Gasteiger charge is -2.12. The number of rotatable bonds is 5. The van der Waals surface area contributed by atoms with Gasteiger partial charge in [0.25, 0.3) is 0 Å². The monoisotopic (exact) mass is 231 g/mol. The number of benzene rings is 1. The summed E-state index contributed by atoms with van der Waals surface area (Å²) in [6.45, 7) is 5.49. The normalized spacial score (nSPS) is 12.6. The van der Waals surface area contributed by atoms with Crippen LogP contribution in [-0.4, -0.2) is 29.2 Å². The van der Waals surface area contributed by atoms with Crippen molar-refractivity contribution >= 4 is 16.9 Å². The maximum absolute atomic E-state index is 5.44. The van der Waals surface area contributed by atoms with Crippen molar-refractivity contribution in [1.29, 1.82) is 0 Å². The van der Waals surface area contributed by atoms with Crippen molar-refractivity contribution in [2.75, 3.05) is 18.5 Å². The van der Waals surface area contributed by atoms with Crippen LogP contribution in [0.15, 0.2) is 30.5 Å². The fourth-order valence-corrected chi connectivity index (χ4v) is 1.63. The van der Waals surface area contributed by atoms with E-state index in [-0.39, 0.29) is 6.10 Å². The Morgan fingerprint density at radius 1 is 1.29 bits per heavy atom. The van der Waals surface area contributed by atoms with Gasteiger partial charge < -0.3 is 10.1 Å². The molecule has 2 aromatic rings. The van der Waals surface area contributed by atoms with Gasteiger partial charge in [0.05, 0.1) is 23.3 Å². The molecular weight excluding hydrogens is 214 g/mol. The minimum Gasteiger partial charge on any atom is -0.377 e. The van der Waals surface area contributed by atoms with E-state index in [1.807, 2.05) is 38.1 Å². The van der Waals surface area contributed by atoms with Crippen LogP contribution in [0.3, 0.4) is 0 Å². The summed E-state index contributed by atoms with van der Waals surface area (Å²) in [7, 11) is 0. The summed E-state index contributed by atoms with van der Waals surface area (Å²) in [6.07, 6.45) is 1.93. The van der Waals surface area contributed by atoms with E-state index < -0.39 is 0 Å². The van der Waals surface area contributed by atoms with Crippen molar-refractivity contribution in [1.82, 2.24) is 9.97 Å². The Hall–Kier alpha value is -1.68. The molecule has 1 heterocycles. The van der Waals surface area contributed by atoms with Crippen molar-refractivity contribution in [2.24, 2.45) is 0 Å². The van der Waals surface area contributed by atoms with E-state index in [4.69, 9.17) is 4.74 Å². The second kappa shape index (κ2) is 5.59. The van der Waals surface area contributed by atoms with E-state index >= 15 is 0 Å². The molecule has 0 spiro atoms. The van der Waals surface area contributed by atoms with E-state index in [0.29, 0.717) is 0 Å². The highest BCUT2D eigenvalue weighted by molar-refractivity contribution is 5.75. The van der Waals surface area contributed by atoms with Gasteiger partial charge in [-0.25, -0.2) is 4.98 Å². The molecule has 0 radical (unpaired) electrons. The molecule has 17 heavy (non-hydrogen) atoms. The zero-order chi connectivity index (χ0) is 12.1. The Balaban J connectivity index is 2.04. The molecule has 1 aromatic carbocycles. The molecule has 0 saturated heterocycles. The van der Waals surface area contributed by atoms with Gasteiger partial charge in [-0.15, -0.1) is 0 Å². The van der Waals surface area contributed by atoms with Gasteiger partial charge in [0, 0.05) is 13.2 Å². The number of fused-ring (bicyclic) bond motifs is 1. The van der Waals surface area contributed by atoms with Crippen molar-refractivity contribution in [3.8, 4) is 0 Å². The van der Waals surface area contributed by atoms with Crippen LogP contribution in [0.1, 0.15) is 13.8 Å². The Kier molecular flexibility index (Phi) is 3.88. The second-order valence-corrected chi connectivity index (χ2v) is 3.89. The molecule has 90 valence electrons. The third-order valence-electron chi connectivity index (χ3n) is 2.47. The lowest BCUT2D eigenvalue weighted by molar-refractivity contribution is 0.0855. The molecule has 4 nitrogen and oxygen atoms in total. The quantitative estimate of drug-likeness (QED) is 0.858. The van der Waals surface area contributed by atoms with Crippen LogP contribution in [0.4, 0.5) is 5.82 Å². The molecule has 0 fully saturated rings. The summed E-state index contributed by atoms with van der Waals surface area (Å²) in [4.78, 5) is 8.82. The van der Waals surface area contributed by atoms with Crippen LogP contribution in [0.25, 0.3) is 11.0 Å². The first-order valence-corrected chi connectivity index (χ1v) is 5.87. The molecule has 1 N–H and O–H groups in total. The van der Waals surface area contributed by atoms with E-state index in [9.17, 15) is 0 Å². The van der Waals surface area contributed by atoms with Crippen molar-refractivity contribution in [3.63, 3.8) is 0 Å². The molecule has 0 bridgehead atoms. The van der Waals surface area contributed by atoms with Crippen molar-refractivity contribution in [3.05, 3.63) is 30.5 Å². The number of aromatic nitrogens is 2. The third kappa shape index (κ3) is 3.14. The number of nitrogens with one attached hydrogen (secondary N) is 1. The van der Waals surface area contributed by atoms with Gasteiger partial charge in [0.2, 0.25) is 0 Å². The molecule has 1 aromatic heterocycles. The van der Waals surface area contributed by atoms with E-state index in [1.54, 1.807) is 6.20 Å². The molecule has 2 rings (SSSR count). The zero-order valence-corrected chi connectivity index (χ0v) is 10.2. The minimum atomic E-state index is 0.174. The van der Waals surface area contributed by atoms with Crippen LogP contribution >= 0.6 is 0 Å². The highest BCUT2D eigenvalue weighted by Gasteiger charge is 2.02. The van der Waals surface area contributed by atoms with Crippen LogP contribution in [0, 0.1) is 0 Å². The van der Waals surface area contributed by atoms with Gasteiger partial charge >= 0.3 is 0 Å². The maximum Gasteiger partial charge on any atom is 0.145 e. The molecule has 1 atom stereocenters.